The molecule has 0 bridgehead atoms. The first-order chi connectivity index (χ1) is 9.84. The number of aromatic nitrogens is 1. The molecule has 1 saturated heterocycles. The third-order valence-corrected chi connectivity index (χ3v) is 4.43. The Morgan fingerprint density at radius 3 is 2.90 bits per heavy atom. The third-order valence-electron chi connectivity index (χ3n) is 3.49. The maximum atomic E-state index is 6.09. The number of nitrogens with two attached hydrogens (primary N) is 1. The fourth-order valence-corrected chi connectivity index (χ4v) is 3.25. The number of para-hydroxylation sites is 1. The van der Waals surface area contributed by atoms with Gasteiger partial charge < -0.3 is 10.6 Å². The lowest BCUT2D eigenvalue weighted by Crippen LogP contribution is -2.42. The minimum atomic E-state index is 0.610. The van der Waals surface area contributed by atoms with Gasteiger partial charge in [-0.3, -0.25) is 4.98 Å². The van der Waals surface area contributed by atoms with Crippen molar-refractivity contribution in [1.82, 2.24) is 9.88 Å². The minimum absolute atomic E-state index is 0.610. The smallest absolute Gasteiger partial charge is 0.191 e. The van der Waals surface area contributed by atoms with E-state index < -0.39 is 0 Å². The average molecular weight is 286 g/mol. The molecule has 0 amide bonds. The van der Waals surface area contributed by atoms with Crippen LogP contribution in [0.2, 0.25) is 0 Å². The van der Waals surface area contributed by atoms with Crippen LogP contribution in [-0.2, 0) is 6.54 Å². The average Bonchev–Trinajstić information content (AvgIpc) is 2.53. The molecule has 0 aliphatic carbocycles. The van der Waals surface area contributed by atoms with E-state index in [1.54, 1.807) is 0 Å². The molecule has 0 atom stereocenters. The Balaban J connectivity index is 1.79. The van der Waals surface area contributed by atoms with Crippen LogP contribution in [0.3, 0.4) is 0 Å². The summed E-state index contributed by atoms with van der Waals surface area (Å²) in [5.41, 5.74) is 8.27. The zero-order valence-electron chi connectivity index (χ0n) is 11.3. The van der Waals surface area contributed by atoms with Gasteiger partial charge in [-0.05, 0) is 17.7 Å². The lowest BCUT2D eigenvalue weighted by Gasteiger charge is -2.27. The molecule has 1 fully saturated rings. The predicted octanol–water partition coefficient (Wildman–Crippen LogP) is 2.10. The van der Waals surface area contributed by atoms with Crippen molar-refractivity contribution in [2.75, 3.05) is 24.6 Å². The van der Waals surface area contributed by atoms with Crippen molar-refractivity contribution in [2.45, 2.75) is 6.54 Å². The summed E-state index contributed by atoms with van der Waals surface area (Å²) in [7, 11) is 0. The molecule has 2 heterocycles. The van der Waals surface area contributed by atoms with E-state index in [1.807, 2.05) is 42.2 Å². The third kappa shape index (κ3) is 2.88. The highest BCUT2D eigenvalue weighted by Gasteiger charge is 2.12. The Bertz CT molecular complexity index is 615. The van der Waals surface area contributed by atoms with Gasteiger partial charge in [0.25, 0.3) is 0 Å². The fourth-order valence-electron chi connectivity index (χ4n) is 2.35. The normalized spacial score (nSPS) is 16.6. The van der Waals surface area contributed by atoms with Crippen molar-refractivity contribution >= 4 is 28.6 Å². The zero-order chi connectivity index (χ0) is 13.8. The van der Waals surface area contributed by atoms with Gasteiger partial charge in [0, 0.05) is 36.2 Å². The molecule has 1 aliphatic rings. The van der Waals surface area contributed by atoms with Gasteiger partial charge in [0.15, 0.2) is 5.96 Å². The molecule has 4 nitrogen and oxygen atoms in total. The second-order valence-corrected chi connectivity index (χ2v) is 5.99. The van der Waals surface area contributed by atoms with Crippen molar-refractivity contribution in [3.63, 3.8) is 0 Å². The standard InChI is InChI=1S/C15H18N4S/c16-15(19-7-9-20-10-8-19)18-11-12-5-6-17-14-4-2-1-3-13(12)14/h1-6H,7-11H2,(H2,16,18). The second kappa shape index (κ2) is 6.13. The summed E-state index contributed by atoms with van der Waals surface area (Å²) >= 11 is 1.97. The number of nitrogens with zero attached hydrogens (tertiary/aromatic N) is 3. The van der Waals surface area contributed by atoms with Crippen LogP contribution < -0.4 is 5.73 Å². The van der Waals surface area contributed by atoms with Gasteiger partial charge in [0.2, 0.25) is 0 Å². The zero-order valence-corrected chi connectivity index (χ0v) is 12.1. The van der Waals surface area contributed by atoms with Crippen molar-refractivity contribution in [2.24, 2.45) is 10.7 Å². The number of hydrogen-bond donors (Lipinski definition) is 1. The van der Waals surface area contributed by atoms with Crippen LogP contribution in [0.5, 0.6) is 0 Å². The summed E-state index contributed by atoms with van der Waals surface area (Å²) in [4.78, 5) is 11.1. The van der Waals surface area contributed by atoms with Crippen molar-refractivity contribution < 1.29 is 0 Å². The maximum Gasteiger partial charge on any atom is 0.191 e. The van der Waals surface area contributed by atoms with E-state index in [0.29, 0.717) is 12.5 Å². The van der Waals surface area contributed by atoms with E-state index in [0.717, 1.165) is 35.5 Å². The van der Waals surface area contributed by atoms with Gasteiger partial charge in [-0.2, -0.15) is 11.8 Å². The van der Waals surface area contributed by atoms with Crippen LogP contribution in [0, 0.1) is 0 Å². The van der Waals surface area contributed by atoms with Crippen molar-refractivity contribution in [1.29, 1.82) is 0 Å². The molecular weight excluding hydrogens is 268 g/mol. The fraction of sp³-hybridized carbons (Fsp3) is 0.333. The summed E-state index contributed by atoms with van der Waals surface area (Å²) in [5, 5.41) is 1.15. The first kappa shape index (κ1) is 13.2. The lowest BCUT2D eigenvalue weighted by atomic mass is 10.1. The molecule has 3 rings (SSSR count). The van der Waals surface area contributed by atoms with Crippen LogP contribution in [0.1, 0.15) is 5.56 Å². The SMILES string of the molecule is NC(=NCc1ccnc2ccccc12)N1CCSCC1. The number of guanidine groups is 1. The summed E-state index contributed by atoms with van der Waals surface area (Å²) < 4.78 is 0. The topological polar surface area (TPSA) is 54.5 Å². The molecule has 0 saturated carbocycles. The van der Waals surface area contributed by atoms with Gasteiger partial charge in [-0.25, -0.2) is 4.99 Å². The van der Waals surface area contributed by atoms with Crippen LogP contribution in [-0.4, -0.2) is 40.4 Å². The van der Waals surface area contributed by atoms with E-state index in [9.17, 15) is 0 Å². The molecule has 1 aromatic carbocycles. The number of hydrogen-bond acceptors (Lipinski definition) is 3. The lowest BCUT2D eigenvalue weighted by molar-refractivity contribution is 0.455. The number of aliphatic imine (C=N–C) groups is 1. The van der Waals surface area contributed by atoms with Gasteiger partial charge >= 0.3 is 0 Å². The van der Waals surface area contributed by atoms with E-state index in [1.165, 1.54) is 5.56 Å². The Morgan fingerprint density at radius 2 is 2.05 bits per heavy atom. The van der Waals surface area contributed by atoms with Crippen molar-refractivity contribution in [3.05, 3.63) is 42.1 Å². The Labute approximate surface area is 123 Å². The number of benzene rings is 1. The summed E-state index contributed by atoms with van der Waals surface area (Å²) in [6.45, 7) is 2.60. The highest BCUT2D eigenvalue weighted by molar-refractivity contribution is 7.99. The second-order valence-electron chi connectivity index (χ2n) is 4.76. The Kier molecular flexibility index (Phi) is 4.06. The monoisotopic (exact) mass is 286 g/mol. The van der Waals surface area contributed by atoms with E-state index in [4.69, 9.17) is 5.73 Å². The van der Waals surface area contributed by atoms with Gasteiger partial charge in [-0.15, -0.1) is 0 Å². The van der Waals surface area contributed by atoms with E-state index in [-0.39, 0.29) is 0 Å². The number of fused-ring (bicyclic) bond motifs is 1. The Hall–Kier alpha value is -1.75. The molecule has 104 valence electrons. The summed E-state index contributed by atoms with van der Waals surface area (Å²) in [6, 6.07) is 10.2. The Morgan fingerprint density at radius 1 is 1.25 bits per heavy atom. The van der Waals surface area contributed by atoms with Gasteiger partial charge in [0.05, 0.1) is 12.1 Å². The van der Waals surface area contributed by atoms with Crippen LogP contribution >= 0.6 is 11.8 Å². The molecule has 0 spiro atoms. The van der Waals surface area contributed by atoms with Crippen molar-refractivity contribution in [3.8, 4) is 0 Å². The minimum Gasteiger partial charge on any atom is -0.370 e. The molecule has 2 aromatic rings. The first-order valence-electron chi connectivity index (χ1n) is 6.80. The molecular formula is C15H18N4S. The van der Waals surface area contributed by atoms with Gasteiger partial charge in [0.1, 0.15) is 0 Å². The molecule has 0 radical (unpaired) electrons. The molecule has 1 aliphatic heterocycles. The number of pyridine rings is 1. The quantitative estimate of drug-likeness (QED) is 0.678. The molecule has 1 aromatic heterocycles. The van der Waals surface area contributed by atoms with Crippen LogP contribution in [0.25, 0.3) is 10.9 Å². The highest BCUT2D eigenvalue weighted by atomic mass is 32.2. The maximum absolute atomic E-state index is 6.09. The van der Waals surface area contributed by atoms with E-state index in [2.05, 4.69) is 20.9 Å². The molecule has 5 heteroatoms. The van der Waals surface area contributed by atoms with E-state index >= 15 is 0 Å². The molecule has 2 N–H and O–H groups in total. The summed E-state index contributed by atoms with van der Waals surface area (Å²) in [6.07, 6.45) is 1.83. The molecule has 20 heavy (non-hydrogen) atoms. The van der Waals surface area contributed by atoms with Gasteiger partial charge in [-0.1, -0.05) is 18.2 Å². The first-order valence-corrected chi connectivity index (χ1v) is 7.95. The summed E-state index contributed by atoms with van der Waals surface area (Å²) in [5.74, 6) is 2.93. The highest BCUT2D eigenvalue weighted by Crippen LogP contribution is 2.17. The number of rotatable bonds is 2. The molecule has 0 unspecified atom stereocenters. The van der Waals surface area contributed by atoms with Crippen LogP contribution in [0.4, 0.5) is 0 Å². The predicted molar refractivity (Wildman–Crippen MR) is 86.0 cm³/mol. The van der Waals surface area contributed by atoms with Crippen LogP contribution in [0.15, 0.2) is 41.5 Å². The largest absolute Gasteiger partial charge is 0.370 e. The number of thioether (sulfide) groups is 1.